The molecule has 0 bridgehead atoms. The summed E-state index contributed by atoms with van der Waals surface area (Å²) in [6.07, 6.45) is -3.71. The van der Waals surface area contributed by atoms with Crippen molar-refractivity contribution in [2.24, 2.45) is 0 Å². The number of β-amino-alcohol motifs (C(OH)–C–C–N with tert-alkyl or cyclic N) is 1. The molecular weight excluding hydrogens is 226 g/mol. The van der Waals surface area contributed by atoms with Gasteiger partial charge in [0.2, 0.25) is 0 Å². The second kappa shape index (κ2) is 5.06. The summed E-state index contributed by atoms with van der Waals surface area (Å²) < 4.78 is 23.6. The Morgan fingerprint density at radius 3 is 2.62 bits per heavy atom. The van der Waals surface area contributed by atoms with Gasteiger partial charge in [-0.2, -0.15) is 0 Å². The Kier molecular flexibility index (Phi) is 3.99. The van der Waals surface area contributed by atoms with Crippen molar-refractivity contribution >= 4 is 12.0 Å². The summed E-state index contributed by atoms with van der Waals surface area (Å²) in [6.45, 7) is -0.996. The molecule has 0 aliphatic carbocycles. The van der Waals surface area contributed by atoms with Crippen LogP contribution in [0, 0.1) is 0 Å². The van der Waals surface area contributed by atoms with E-state index in [0.717, 1.165) is 4.90 Å². The number of hydrogen-bond donors (Lipinski definition) is 3. The third kappa shape index (κ3) is 3.02. The lowest BCUT2D eigenvalue weighted by Crippen LogP contribution is -2.47. The number of aliphatic hydroxyl groups excluding tert-OH is 1. The number of nitrogens with zero attached hydrogens (tertiary/aromatic N) is 1. The summed E-state index contributed by atoms with van der Waals surface area (Å²) >= 11 is 0. The van der Waals surface area contributed by atoms with Gasteiger partial charge in [0, 0.05) is 13.0 Å². The molecule has 1 fully saturated rings. The number of hydrogen-bond acceptors (Lipinski definition) is 3. The molecule has 0 aromatic rings. The molecule has 1 aliphatic heterocycles. The predicted molar refractivity (Wildman–Crippen MR) is 48.2 cm³/mol. The van der Waals surface area contributed by atoms with Crippen LogP contribution in [0.2, 0.25) is 0 Å². The van der Waals surface area contributed by atoms with Gasteiger partial charge < -0.3 is 20.4 Å². The number of likely N-dealkylation sites (tertiary alicyclic amines) is 1. The Hall–Kier alpha value is -1.44. The van der Waals surface area contributed by atoms with Gasteiger partial charge in [-0.3, -0.25) is 0 Å². The molecule has 2 atom stereocenters. The monoisotopic (exact) mass is 238 g/mol. The maximum absolute atomic E-state index is 11.8. The van der Waals surface area contributed by atoms with E-state index in [2.05, 4.69) is 0 Å². The number of alkyl halides is 2. The maximum Gasteiger partial charge on any atom is 0.326 e. The number of aliphatic carboxylic acids is 1. The highest BCUT2D eigenvalue weighted by atomic mass is 19.3. The second-order valence-corrected chi connectivity index (χ2v) is 3.47. The Morgan fingerprint density at radius 1 is 1.50 bits per heavy atom. The number of carboxylic acids is 1. The van der Waals surface area contributed by atoms with E-state index < -0.39 is 37.1 Å². The van der Waals surface area contributed by atoms with E-state index in [9.17, 15) is 23.5 Å². The van der Waals surface area contributed by atoms with E-state index >= 15 is 0 Å². The fourth-order valence-corrected chi connectivity index (χ4v) is 1.54. The number of carbonyl (C=O) groups excluding carboxylic acids is 1. The molecule has 6 nitrogen and oxygen atoms in total. The Bertz CT molecular complexity index is 287. The van der Waals surface area contributed by atoms with Gasteiger partial charge in [0.05, 0.1) is 12.6 Å². The van der Waals surface area contributed by atoms with Crippen LogP contribution in [0.15, 0.2) is 0 Å². The first-order valence-corrected chi connectivity index (χ1v) is 4.65. The van der Waals surface area contributed by atoms with E-state index in [0.29, 0.717) is 0 Å². The Labute approximate surface area is 89.8 Å². The highest BCUT2D eigenvalue weighted by Crippen LogP contribution is 2.18. The van der Waals surface area contributed by atoms with E-state index in [1.807, 2.05) is 5.32 Å². The van der Waals surface area contributed by atoms with Crippen molar-refractivity contribution in [3.8, 4) is 0 Å². The average molecular weight is 238 g/mol. The van der Waals surface area contributed by atoms with Crippen molar-refractivity contribution in [1.29, 1.82) is 0 Å². The van der Waals surface area contributed by atoms with Gasteiger partial charge in [-0.05, 0) is 0 Å². The maximum atomic E-state index is 11.8. The number of rotatable bonds is 3. The molecule has 1 rings (SSSR count). The van der Waals surface area contributed by atoms with Gasteiger partial charge in [-0.1, -0.05) is 0 Å². The summed E-state index contributed by atoms with van der Waals surface area (Å²) in [5.74, 6) is -1.26. The predicted octanol–water partition coefficient (Wildman–Crippen LogP) is -0.519. The van der Waals surface area contributed by atoms with Crippen LogP contribution in [0.3, 0.4) is 0 Å². The van der Waals surface area contributed by atoms with Crippen molar-refractivity contribution in [1.82, 2.24) is 10.2 Å². The number of carboxylic acid groups (broad SMARTS) is 1. The fraction of sp³-hybridized carbons (Fsp3) is 0.750. The van der Waals surface area contributed by atoms with Crippen LogP contribution in [0.25, 0.3) is 0 Å². The molecular formula is C8H12F2N2O4. The zero-order valence-corrected chi connectivity index (χ0v) is 8.27. The van der Waals surface area contributed by atoms with Crippen LogP contribution in [-0.2, 0) is 4.79 Å². The third-order valence-electron chi connectivity index (χ3n) is 2.23. The highest BCUT2D eigenvalue weighted by molar-refractivity contribution is 5.83. The van der Waals surface area contributed by atoms with Gasteiger partial charge in [0.15, 0.2) is 0 Å². The molecule has 0 unspecified atom stereocenters. The van der Waals surface area contributed by atoms with Crippen LogP contribution >= 0.6 is 0 Å². The lowest BCUT2D eigenvalue weighted by atomic mass is 10.2. The first-order chi connectivity index (χ1) is 7.41. The number of nitrogens with one attached hydrogen (secondary N) is 1. The summed E-state index contributed by atoms with van der Waals surface area (Å²) in [7, 11) is 0. The number of carbonyl (C=O) groups is 2. The van der Waals surface area contributed by atoms with Crippen molar-refractivity contribution in [2.45, 2.75) is 25.0 Å². The molecule has 1 aliphatic rings. The quantitative estimate of drug-likeness (QED) is 0.617. The number of urea groups is 1. The van der Waals surface area contributed by atoms with Gasteiger partial charge in [0.25, 0.3) is 6.43 Å². The van der Waals surface area contributed by atoms with Crippen LogP contribution in [0.4, 0.5) is 13.6 Å². The Balaban J connectivity index is 2.56. The first-order valence-electron chi connectivity index (χ1n) is 4.65. The second-order valence-electron chi connectivity index (χ2n) is 3.47. The van der Waals surface area contributed by atoms with E-state index in [1.165, 1.54) is 0 Å². The van der Waals surface area contributed by atoms with Crippen molar-refractivity contribution < 1.29 is 28.6 Å². The molecule has 0 radical (unpaired) electrons. The number of amides is 2. The minimum absolute atomic E-state index is 0.0859. The largest absolute Gasteiger partial charge is 0.480 e. The zero-order valence-electron chi connectivity index (χ0n) is 8.27. The minimum Gasteiger partial charge on any atom is -0.480 e. The van der Waals surface area contributed by atoms with Gasteiger partial charge in [0.1, 0.15) is 6.04 Å². The summed E-state index contributed by atoms with van der Waals surface area (Å²) in [5, 5.41) is 19.9. The highest BCUT2D eigenvalue weighted by Gasteiger charge is 2.38. The first kappa shape index (κ1) is 12.6. The summed E-state index contributed by atoms with van der Waals surface area (Å²) in [6, 6.07) is -2.06. The standard InChI is InChI=1S/C8H12F2N2O4/c9-6(10)2-11-8(16)12-3-4(13)1-5(12)7(14)15/h4-6,13H,1-3H2,(H,11,16)(H,14,15)/t4-,5+/m1/s1. The van der Waals surface area contributed by atoms with E-state index in [4.69, 9.17) is 5.11 Å². The van der Waals surface area contributed by atoms with E-state index in [-0.39, 0.29) is 13.0 Å². The molecule has 1 saturated heterocycles. The van der Waals surface area contributed by atoms with Crippen LogP contribution in [-0.4, -0.2) is 58.8 Å². The van der Waals surface area contributed by atoms with Crippen molar-refractivity contribution in [3.05, 3.63) is 0 Å². The molecule has 0 spiro atoms. The molecule has 0 aromatic heterocycles. The van der Waals surface area contributed by atoms with Crippen LogP contribution in [0.1, 0.15) is 6.42 Å². The summed E-state index contributed by atoms with van der Waals surface area (Å²) in [4.78, 5) is 22.9. The minimum atomic E-state index is -2.69. The Morgan fingerprint density at radius 2 is 2.12 bits per heavy atom. The molecule has 92 valence electrons. The molecule has 1 heterocycles. The molecule has 3 N–H and O–H groups in total. The lowest BCUT2D eigenvalue weighted by Gasteiger charge is -2.21. The number of halogens is 2. The zero-order chi connectivity index (χ0) is 12.3. The van der Waals surface area contributed by atoms with Gasteiger partial charge in [-0.15, -0.1) is 0 Å². The summed E-state index contributed by atoms with van der Waals surface area (Å²) in [5.41, 5.74) is 0. The smallest absolute Gasteiger partial charge is 0.326 e. The molecule has 2 amide bonds. The van der Waals surface area contributed by atoms with Gasteiger partial charge in [-0.25, -0.2) is 18.4 Å². The lowest BCUT2D eigenvalue weighted by molar-refractivity contribution is -0.141. The molecule has 0 aromatic carbocycles. The SMILES string of the molecule is O=C(O)[C@@H]1C[C@@H](O)CN1C(=O)NCC(F)F. The van der Waals surface area contributed by atoms with Crippen LogP contribution in [0.5, 0.6) is 0 Å². The molecule has 0 saturated carbocycles. The average Bonchev–Trinajstić information content (AvgIpc) is 2.56. The van der Waals surface area contributed by atoms with Crippen molar-refractivity contribution in [3.63, 3.8) is 0 Å². The number of aliphatic hydroxyl groups is 1. The van der Waals surface area contributed by atoms with Crippen LogP contribution < -0.4 is 5.32 Å². The van der Waals surface area contributed by atoms with Crippen molar-refractivity contribution in [2.75, 3.05) is 13.1 Å². The molecule has 16 heavy (non-hydrogen) atoms. The topological polar surface area (TPSA) is 89.9 Å². The molecule has 8 heteroatoms. The third-order valence-corrected chi connectivity index (χ3v) is 2.23. The van der Waals surface area contributed by atoms with E-state index in [1.54, 1.807) is 0 Å². The fourth-order valence-electron chi connectivity index (χ4n) is 1.54. The van der Waals surface area contributed by atoms with Gasteiger partial charge >= 0.3 is 12.0 Å². The normalized spacial score (nSPS) is 24.9.